The van der Waals surface area contributed by atoms with Crippen LogP contribution < -0.4 is 10.6 Å². The van der Waals surface area contributed by atoms with E-state index in [0.29, 0.717) is 23.9 Å². The number of halogens is 1. The van der Waals surface area contributed by atoms with E-state index >= 15 is 0 Å². The van der Waals surface area contributed by atoms with Crippen LogP contribution in [0.3, 0.4) is 0 Å². The molecule has 0 aliphatic carbocycles. The monoisotopic (exact) mass is 474 g/mol. The van der Waals surface area contributed by atoms with Gasteiger partial charge in [-0.2, -0.15) is 0 Å². The molecule has 0 bridgehead atoms. The summed E-state index contributed by atoms with van der Waals surface area (Å²) in [6.07, 6.45) is 2.53. The van der Waals surface area contributed by atoms with Crippen molar-refractivity contribution < 1.29 is 8.42 Å². The lowest BCUT2D eigenvalue weighted by atomic mass is 10.3. The molecule has 0 aliphatic heterocycles. The first-order valence-corrected chi connectivity index (χ1v) is 9.39. The minimum absolute atomic E-state index is 0. The van der Waals surface area contributed by atoms with Gasteiger partial charge in [-0.25, -0.2) is 8.42 Å². The Morgan fingerprint density at radius 1 is 1.04 bits per heavy atom. The number of aliphatic imine (C=N–C) groups is 1. The predicted octanol–water partition coefficient (Wildman–Crippen LogP) is 1.88. The molecule has 0 unspecified atom stereocenters. The zero-order chi connectivity index (χ0) is 17.3. The number of benzene rings is 1. The summed E-state index contributed by atoms with van der Waals surface area (Å²) in [6, 6.07) is 14.2. The number of guanidine groups is 1. The Balaban J connectivity index is 0.00000312. The number of hydrogen-bond acceptors (Lipinski definition) is 4. The van der Waals surface area contributed by atoms with E-state index in [9.17, 15) is 8.42 Å². The van der Waals surface area contributed by atoms with Gasteiger partial charge in [0.2, 0.25) is 0 Å². The first-order valence-electron chi connectivity index (χ1n) is 7.74. The summed E-state index contributed by atoms with van der Waals surface area (Å²) in [6.45, 7) is 0.961. The molecule has 2 N–H and O–H groups in total. The highest BCUT2D eigenvalue weighted by atomic mass is 127. The SMILES string of the molecule is CN=C(NCCc1ccccn1)NCCS(=O)(=O)c1ccccc1.I. The van der Waals surface area contributed by atoms with Gasteiger partial charge in [0.1, 0.15) is 0 Å². The van der Waals surface area contributed by atoms with Crippen LogP contribution >= 0.6 is 24.0 Å². The fourth-order valence-corrected chi connectivity index (χ4v) is 3.30. The Kier molecular flexibility index (Phi) is 9.43. The van der Waals surface area contributed by atoms with E-state index in [2.05, 4.69) is 20.6 Å². The Bertz CT molecular complexity index is 753. The fraction of sp³-hybridized carbons (Fsp3) is 0.294. The maximum Gasteiger partial charge on any atom is 0.191 e. The molecule has 1 aromatic heterocycles. The predicted molar refractivity (Wildman–Crippen MR) is 111 cm³/mol. The van der Waals surface area contributed by atoms with Gasteiger partial charge in [-0.1, -0.05) is 24.3 Å². The lowest BCUT2D eigenvalue weighted by Gasteiger charge is -2.12. The molecular weight excluding hydrogens is 451 g/mol. The van der Waals surface area contributed by atoms with E-state index in [-0.39, 0.29) is 29.7 Å². The molecule has 0 amide bonds. The lowest BCUT2D eigenvalue weighted by molar-refractivity contribution is 0.594. The summed E-state index contributed by atoms with van der Waals surface area (Å²) in [5.74, 6) is 0.590. The molecular formula is C17H23IN4O2S. The minimum atomic E-state index is -3.28. The van der Waals surface area contributed by atoms with Crippen LogP contribution in [0, 0.1) is 0 Å². The van der Waals surface area contributed by atoms with Gasteiger partial charge in [0, 0.05) is 38.4 Å². The highest BCUT2D eigenvalue weighted by molar-refractivity contribution is 14.0. The van der Waals surface area contributed by atoms with Gasteiger partial charge >= 0.3 is 0 Å². The molecule has 0 spiro atoms. The Labute approximate surface area is 166 Å². The van der Waals surface area contributed by atoms with Gasteiger partial charge < -0.3 is 10.6 Å². The second-order valence-corrected chi connectivity index (χ2v) is 7.24. The van der Waals surface area contributed by atoms with Gasteiger partial charge in [-0.3, -0.25) is 9.98 Å². The largest absolute Gasteiger partial charge is 0.356 e. The molecule has 6 nitrogen and oxygen atoms in total. The number of pyridine rings is 1. The van der Waals surface area contributed by atoms with Crippen molar-refractivity contribution in [1.82, 2.24) is 15.6 Å². The average molecular weight is 474 g/mol. The smallest absolute Gasteiger partial charge is 0.191 e. The van der Waals surface area contributed by atoms with Crippen molar-refractivity contribution in [3.63, 3.8) is 0 Å². The second-order valence-electron chi connectivity index (χ2n) is 5.13. The molecule has 25 heavy (non-hydrogen) atoms. The third-order valence-electron chi connectivity index (χ3n) is 3.39. The van der Waals surface area contributed by atoms with Crippen molar-refractivity contribution in [2.75, 3.05) is 25.9 Å². The quantitative estimate of drug-likeness (QED) is 0.364. The van der Waals surface area contributed by atoms with E-state index in [1.54, 1.807) is 43.6 Å². The van der Waals surface area contributed by atoms with E-state index in [0.717, 1.165) is 12.1 Å². The number of hydrogen-bond donors (Lipinski definition) is 2. The van der Waals surface area contributed by atoms with Crippen LogP contribution in [0.1, 0.15) is 5.69 Å². The molecule has 0 atom stereocenters. The summed E-state index contributed by atoms with van der Waals surface area (Å²) in [4.78, 5) is 8.68. The maximum atomic E-state index is 12.2. The van der Waals surface area contributed by atoms with Gasteiger partial charge in [0.25, 0.3) is 0 Å². The molecule has 0 saturated carbocycles. The topological polar surface area (TPSA) is 83.4 Å². The Morgan fingerprint density at radius 3 is 2.36 bits per heavy atom. The molecule has 1 heterocycles. The van der Waals surface area contributed by atoms with Crippen LogP contribution in [0.15, 0.2) is 64.6 Å². The lowest BCUT2D eigenvalue weighted by Crippen LogP contribution is -2.40. The summed E-state index contributed by atoms with van der Waals surface area (Å²) in [7, 11) is -1.63. The molecule has 8 heteroatoms. The highest BCUT2D eigenvalue weighted by Crippen LogP contribution is 2.09. The third kappa shape index (κ3) is 7.39. The summed E-state index contributed by atoms with van der Waals surface area (Å²) >= 11 is 0. The molecule has 0 aliphatic rings. The van der Waals surface area contributed by atoms with Crippen LogP contribution in [0.25, 0.3) is 0 Å². The zero-order valence-electron chi connectivity index (χ0n) is 14.1. The standard InChI is InChI=1S/C17H22N4O2S.HI/c1-18-17(20-12-10-15-7-5-6-11-19-15)21-13-14-24(22,23)16-8-3-2-4-9-16;/h2-9,11H,10,12-14H2,1H3,(H2,18,20,21);1H. The van der Waals surface area contributed by atoms with Gasteiger partial charge in [0.15, 0.2) is 15.8 Å². The van der Waals surface area contributed by atoms with Gasteiger partial charge in [-0.15, -0.1) is 24.0 Å². The normalized spacial score (nSPS) is 11.5. The molecule has 2 rings (SSSR count). The first kappa shape index (κ1) is 21.4. The molecule has 136 valence electrons. The highest BCUT2D eigenvalue weighted by Gasteiger charge is 2.13. The van der Waals surface area contributed by atoms with E-state index in [1.165, 1.54) is 0 Å². The minimum Gasteiger partial charge on any atom is -0.356 e. The molecule has 2 aromatic rings. The number of nitrogens with one attached hydrogen (secondary N) is 2. The van der Waals surface area contributed by atoms with E-state index < -0.39 is 9.84 Å². The zero-order valence-corrected chi connectivity index (χ0v) is 17.2. The van der Waals surface area contributed by atoms with Gasteiger partial charge in [0.05, 0.1) is 10.6 Å². The summed E-state index contributed by atoms with van der Waals surface area (Å²) in [5, 5.41) is 6.17. The maximum absolute atomic E-state index is 12.2. The molecule has 0 fully saturated rings. The van der Waals surface area contributed by atoms with Crippen molar-refractivity contribution in [1.29, 1.82) is 0 Å². The molecule has 1 aromatic carbocycles. The van der Waals surface area contributed by atoms with E-state index in [1.807, 2.05) is 18.2 Å². The third-order valence-corrected chi connectivity index (χ3v) is 5.12. The van der Waals surface area contributed by atoms with Crippen molar-refractivity contribution >= 4 is 39.8 Å². The Hall–Kier alpha value is -1.68. The van der Waals surface area contributed by atoms with Crippen LogP contribution in [-0.2, 0) is 16.3 Å². The van der Waals surface area contributed by atoms with Crippen molar-refractivity contribution in [3.8, 4) is 0 Å². The second kappa shape index (κ2) is 11.0. The van der Waals surface area contributed by atoms with Gasteiger partial charge in [-0.05, 0) is 24.3 Å². The van der Waals surface area contributed by atoms with Crippen LogP contribution in [0.2, 0.25) is 0 Å². The van der Waals surface area contributed by atoms with Crippen molar-refractivity contribution in [2.24, 2.45) is 4.99 Å². The Morgan fingerprint density at radius 2 is 1.72 bits per heavy atom. The van der Waals surface area contributed by atoms with Crippen LogP contribution in [-0.4, -0.2) is 45.3 Å². The van der Waals surface area contributed by atoms with Crippen molar-refractivity contribution in [2.45, 2.75) is 11.3 Å². The number of nitrogens with zero attached hydrogens (tertiary/aromatic N) is 2. The molecule has 0 radical (unpaired) electrons. The average Bonchev–Trinajstić information content (AvgIpc) is 2.62. The number of aromatic nitrogens is 1. The van der Waals surface area contributed by atoms with Crippen LogP contribution in [0.4, 0.5) is 0 Å². The first-order chi connectivity index (χ1) is 11.6. The van der Waals surface area contributed by atoms with Crippen LogP contribution in [0.5, 0.6) is 0 Å². The number of rotatable bonds is 7. The van der Waals surface area contributed by atoms with E-state index in [4.69, 9.17) is 0 Å². The molecule has 0 saturated heterocycles. The van der Waals surface area contributed by atoms with Crippen molar-refractivity contribution in [3.05, 3.63) is 60.4 Å². The summed E-state index contributed by atoms with van der Waals surface area (Å²) < 4.78 is 24.4. The summed E-state index contributed by atoms with van der Waals surface area (Å²) in [5.41, 5.74) is 0.993. The fourth-order valence-electron chi connectivity index (χ4n) is 2.13. The number of sulfone groups is 1.